The summed E-state index contributed by atoms with van der Waals surface area (Å²) in [7, 11) is -12.9. The molecule has 4 aromatic carbocycles. The van der Waals surface area contributed by atoms with E-state index in [9.17, 15) is 25.3 Å². The molecule has 186 valence electrons. The molecule has 10 heteroatoms. The number of hydrogen-bond donors (Lipinski definition) is 0. The summed E-state index contributed by atoms with van der Waals surface area (Å²) < 4.78 is 85.1. The summed E-state index contributed by atoms with van der Waals surface area (Å²) in [5, 5.41) is 0. The third-order valence-electron chi connectivity index (χ3n) is 5.43. The Morgan fingerprint density at radius 2 is 1.08 bits per heavy atom. The zero-order valence-electron chi connectivity index (χ0n) is 19.3. The van der Waals surface area contributed by atoms with E-state index < -0.39 is 40.4 Å². The van der Waals surface area contributed by atoms with Gasteiger partial charge in [0.15, 0.2) is 5.75 Å². The Morgan fingerprint density at radius 1 is 0.528 bits per heavy atom. The van der Waals surface area contributed by atoms with Gasteiger partial charge in [0.1, 0.15) is 9.79 Å². The van der Waals surface area contributed by atoms with Gasteiger partial charge in [-0.05, 0) is 73.5 Å². The van der Waals surface area contributed by atoms with E-state index in [0.717, 1.165) is 18.2 Å². The Balaban J connectivity index is 1.92. The molecule has 0 atom stereocenters. The van der Waals surface area contributed by atoms with Crippen LogP contribution in [0.1, 0.15) is 11.1 Å². The molecule has 0 spiro atoms. The fraction of sp³-hybridized carbons (Fsp3) is 0.0769. The molecule has 0 radical (unpaired) electrons. The molecule has 0 saturated heterocycles. The van der Waals surface area contributed by atoms with Gasteiger partial charge in [-0.3, -0.25) is 0 Å². The molecule has 0 aliphatic carbocycles. The molecule has 0 unspecified atom stereocenters. The second-order valence-corrected chi connectivity index (χ2v) is 13.4. The van der Waals surface area contributed by atoms with E-state index >= 15 is 0 Å². The molecule has 0 aliphatic rings. The minimum absolute atomic E-state index is 0.0373. The van der Waals surface area contributed by atoms with E-state index in [-0.39, 0.29) is 19.6 Å². The lowest BCUT2D eigenvalue weighted by molar-refractivity contribution is 0.477. The lowest BCUT2D eigenvalue weighted by Crippen LogP contribution is -2.15. The highest BCUT2D eigenvalue weighted by molar-refractivity contribution is 7.92. The van der Waals surface area contributed by atoms with E-state index in [1.807, 2.05) is 0 Å². The van der Waals surface area contributed by atoms with Gasteiger partial charge in [-0.25, -0.2) is 16.8 Å². The van der Waals surface area contributed by atoms with E-state index in [1.54, 1.807) is 50.2 Å². The van der Waals surface area contributed by atoms with Crippen molar-refractivity contribution in [2.75, 3.05) is 0 Å². The van der Waals surface area contributed by atoms with Crippen LogP contribution in [0.25, 0.3) is 0 Å². The second kappa shape index (κ2) is 9.53. The quantitative estimate of drug-likeness (QED) is 0.310. The van der Waals surface area contributed by atoms with Crippen LogP contribution >= 0.6 is 0 Å². The SMILES string of the molecule is Cc1ccc(C)c(S(=O)(=O)Oc2ccc(S(=O)(=O)c3ccccc3)cc2S(=O)(=O)c2ccccc2)c1. The maximum atomic E-state index is 13.5. The van der Waals surface area contributed by atoms with E-state index in [1.165, 1.54) is 42.5 Å². The van der Waals surface area contributed by atoms with Crippen molar-refractivity contribution >= 4 is 29.8 Å². The average molecular weight is 543 g/mol. The van der Waals surface area contributed by atoms with Crippen molar-refractivity contribution in [3.63, 3.8) is 0 Å². The summed E-state index contributed by atoms with van der Waals surface area (Å²) in [5.74, 6) is -0.508. The van der Waals surface area contributed by atoms with Gasteiger partial charge < -0.3 is 4.18 Å². The van der Waals surface area contributed by atoms with Gasteiger partial charge in [0.2, 0.25) is 19.7 Å². The van der Waals surface area contributed by atoms with Gasteiger partial charge in [0.05, 0.1) is 14.7 Å². The summed E-state index contributed by atoms with van der Waals surface area (Å²) in [6.45, 7) is 3.31. The molecule has 0 aliphatic heterocycles. The number of benzene rings is 4. The second-order valence-electron chi connectivity index (χ2n) is 8.05. The molecule has 4 rings (SSSR count). The molecule has 36 heavy (non-hydrogen) atoms. The molecule has 0 aromatic heterocycles. The van der Waals surface area contributed by atoms with E-state index in [4.69, 9.17) is 4.18 Å². The molecular weight excluding hydrogens is 520 g/mol. The van der Waals surface area contributed by atoms with Crippen LogP contribution in [0.15, 0.2) is 122 Å². The summed E-state index contributed by atoms with van der Waals surface area (Å²) in [5.41, 5.74) is 1.08. The van der Waals surface area contributed by atoms with Gasteiger partial charge in [0.25, 0.3) is 0 Å². The van der Waals surface area contributed by atoms with Crippen LogP contribution in [0.5, 0.6) is 5.75 Å². The van der Waals surface area contributed by atoms with Gasteiger partial charge in [-0.1, -0.05) is 48.5 Å². The molecule has 0 amide bonds. The Labute approximate surface area is 211 Å². The van der Waals surface area contributed by atoms with Crippen molar-refractivity contribution in [3.8, 4) is 5.75 Å². The van der Waals surface area contributed by atoms with Crippen LogP contribution in [0.4, 0.5) is 0 Å². The van der Waals surface area contributed by atoms with Gasteiger partial charge in [-0.15, -0.1) is 0 Å². The van der Waals surface area contributed by atoms with Crippen LogP contribution in [0, 0.1) is 13.8 Å². The van der Waals surface area contributed by atoms with E-state index in [2.05, 4.69) is 0 Å². The van der Waals surface area contributed by atoms with Crippen molar-refractivity contribution in [1.29, 1.82) is 0 Å². The Hall–Kier alpha value is -3.47. The third kappa shape index (κ3) is 4.92. The smallest absolute Gasteiger partial charge is 0.339 e. The van der Waals surface area contributed by atoms with E-state index in [0.29, 0.717) is 11.1 Å². The summed E-state index contributed by atoms with van der Waals surface area (Å²) >= 11 is 0. The van der Waals surface area contributed by atoms with Crippen molar-refractivity contribution in [2.24, 2.45) is 0 Å². The molecule has 0 bridgehead atoms. The molecule has 0 N–H and O–H groups in total. The van der Waals surface area contributed by atoms with Crippen molar-refractivity contribution in [1.82, 2.24) is 0 Å². The monoisotopic (exact) mass is 542 g/mol. The standard InChI is InChI=1S/C26H22O7S3/c1-19-13-14-20(2)25(17-19)36(31,32)33-24-16-15-23(34(27,28)21-9-5-3-6-10-21)18-26(24)35(29,30)22-11-7-4-8-12-22/h3-18H,1-2H3. The maximum absolute atomic E-state index is 13.5. The van der Waals surface area contributed by atoms with Crippen LogP contribution in [0.2, 0.25) is 0 Å². The number of rotatable bonds is 7. The highest BCUT2D eigenvalue weighted by Crippen LogP contribution is 2.35. The fourth-order valence-corrected chi connectivity index (χ4v) is 7.66. The lowest BCUT2D eigenvalue weighted by Gasteiger charge is -2.15. The minimum Gasteiger partial charge on any atom is -0.378 e. The molecule has 0 fully saturated rings. The predicted octanol–water partition coefficient (Wildman–Crippen LogP) is 4.74. The lowest BCUT2D eigenvalue weighted by atomic mass is 10.2. The first-order valence-corrected chi connectivity index (χ1v) is 15.1. The van der Waals surface area contributed by atoms with Crippen LogP contribution in [-0.4, -0.2) is 25.3 Å². The molecule has 7 nitrogen and oxygen atoms in total. The Kier molecular flexibility index (Phi) is 6.78. The zero-order valence-corrected chi connectivity index (χ0v) is 21.8. The van der Waals surface area contributed by atoms with Crippen molar-refractivity contribution in [2.45, 2.75) is 38.3 Å². The molecule has 0 saturated carbocycles. The largest absolute Gasteiger partial charge is 0.378 e. The van der Waals surface area contributed by atoms with Crippen LogP contribution in [-0.2, 0) is 29.8 Å². The first-order valence-electron chi connectivity index (χ1n) is 10.7. The zero-order chi connectivity index (χ0) is 26.1. The van der Waals surface area contributed by atoms with Gasteiger partial charge in [0, 0.05) is 0 Å². The number of hydrogen-bond acceptors (Lipinski definition) is 7. The highest BCUT2D eigenvalue weighted by atomic mass is 32.2. The van der Waals surface area contributed by atoms with Gasteiger partial charge >= 0.3 is 10.1 Å². The topological polar surface area (TPSA) is 112 Å². The highest BCUT2D eigenvalue weighted by Gasteiger charge is 2.30. The first-order chi connectivity index (χ1) is 16.9. The fourth-order valence-electron chi connectivity index (χ4n) is 3.54. The predicted molar refractivity (Wildman–Crippen MR) is 134 cm³/mol. The van der Waals surface area contributed by atoms with Crippen LogP contribution in [0.3, 0.4) is 0 Å². The number of aryl methyl sites for hydroxylation is 2. The molecular formula is C26H22O7S3. The molecule has 4 aromatic rings. The minimum atomic E-state index is -4.45. The molecule has 0 heterocycles. The average Bonchev–Trinajstić information content (AvgIpc) is 2.86. The third-order valence-corrected chi connectivity index (χ3v) is 10.4. The Morgan fingerprint density at radius 3 is 1.67 bits per heavy atom. The summed E-state index contributed by atoms with van der Waals surface area (Å²) in [6.07, 6.45) is 0. The number of sulfone groups is 2. The van der Waals surface area contributed by atoms with Gasteiger partial charge in [-0.2, -0.15) is 8.42 Å². The Bertz CT molecular complexity index is 1750. The van der Waals surface area contributed by atoms with Crippen molar-refractivity contribution in [3.05, 3.63) is 108 Å². The maximum Gasteiger partial charge on any atom is 0.339 e. The van der Waals surface area contributed by atoms with Crippen molar-refractivity contribution < 1.29 is 29.4 Å². The first kappa shape index (κ1) is 25.6. The summed E-state index contributed by atoms with van der Waals surface area (Å²) in [6, 6.07) is 22.7. The normalized spacial score (nSPS) is 12.3. The summed E-state index contributed by atoms with van der Waals surface area (Å²) in [4.78, 5) is -1.20. The van der Waals surface area contributed by atoms with Crippen LogP contribution < -0.4 is 4.18 Å².